The van der Waals surface area contributed by atoms with E-state index in [1.54, 1.807) is 0 Å². The molecular formula is C40H26N4O. The summed E-state index contributed by atoms with van der Waals surface area (Å²) in [6.07, 6.45) is 5.95. The number of hydrogen-bond donors (Lipinski definition) is 0. The smallest absolute Gasteiger partial charge is 0.164 e. The molecule has 0 unspecified atom stereocenters. The normalized spacial score (nSPS) is 12.1. The lowest BCUT2D eigenvalue weighted by Crippen LogP contribution is -2.00. The average Bonchev–Trinajstić information content (AvgIpc) is 3.73. The van der Waals surface area contributed by atoms with Crippen LogP contribution in [-0.2, 0) is 0 Å². The Morgan fingerprint density at radius 1 is 0.644 bits per heavy atom. The van der Waals surface area contributed by atoms with Crippen LogP contribution in [0.5, 0.6) is 0 Å². The summed E-state index contributed by atoms with van der Waals surface area (Å²) in [5.41, 5.74) is 9.12. The van der Waals surface area contributed by atoms with Gasteiger partial charge < -0.3 is 8.82 Å². The van der Waals surface area contributed by atoms with E-state index in [1.807, 2.05) is 84.9 Å². The molecule has 0 aliphatic carbocycles. The van der Waals surface area contributed by atoms with Gasteiger partial charge in [-0.2, -0.15) is 0 Å². The number of hydrogen-bond acceptors (Lipinski definition) is 4. The van der Waals surface area contributed by atoms with E-state index in [9.17, 15) is 0 Å². The molecule has 0 bridgehead atoms. The van der Waals surface area contributed by atoms with Crippen molar-refractivity contribution in [1.29, 1.82) is 0 Å². The zero-order valence-corrected chi connectivity index (χ0v) is 24.5. The first-order chi connectivity index (χ1) is 22.2. The molecule has 9 rings (SSSR count). The summed E-state index contributed by atoms with van der Waals surface area (Å²) in [5.74, 6) is 1.87. The van der Waals surface area contributed by atoms with Gasteiger partial charge in [-0.1, -0.05) is 116 Å². The van der Waals surface area contributed by atoms with Crippen molar-refractivity contribution >= 4 is 55.2 Å². The molecule has 0 fully saturated rings. The van der Waals surface area contributed by atoms with Crippen molar-refractivity contribution in [2.75, 3.05) is 0 Å². The summed E-state index contributed by atoms with van der Waals surface area (Å²) < 4.78 is 9.06. The van der Waals surface area contributed by atoms with Crippen LogP contribution in [0.3, 0.4) is 0 Å². The van der Waals surface area contributed by atoms with Crippen LogP contribution in [0.15, 0.2) is 132 Å². The largest absolute Gasteiger partial charge is 0.456 e. The second-order valence-electron chi connectivity index (χ2n) is 11.3. The average molecular weight is 579 g/mol. The minimum absolute atomic E-state index is 0.607. The van der Waals surface area contributed by atoms with Gasteiger partial charge in [0.1, 0.15) is 11.2 Å². The Balaban J connectivity index is 1.42. The number of allylic oxidation sites excluding steroid dienone is 2. The zero-order chi connectivity index (χ0) is 30.1. The van der Waals surface area contributed by atoms with Gasteiger partial charge in [-0.05, 0) is 25.1 Å². The van der Waals surface area contributed by atoms with Crippen LogP contribution in [0.1, 0.15) is 11.3 Å². The molecule has 4 heterocycles. The maximum Gasteiger partial charge on any atom is 0.164 e. The number of furan rings is 1. The van der Waals surface area contributed by atoms with Gasteiger partial charge in [0, 0.05) is 54.9 Å². The lowest BCUT2D eigenvalue weighted by atomic mass is 9.98. The highest BCUT2D eigenvalue weighted by Gasteiger charge is 2.25. The van der Waals surface area contributed by atoms with Crippen molar-refractivity contribution in [2.45, 2.75) is 6.92 Å². The third-order valence-electron chi connectivity index (χ3n) is 8.75. The van der Waals surface area contributed by atoms with Crippen molar-refractivity contribution in [3.63, 3.8) is 0 Å². The maximum atomic E-state index is 6.68. The molecule has 0 radical (unpaired) electrons. The molecule has 4 aromatic heterocycles. The van der Waals surface area contributed by atoms with Crippen molar-refractivity contribution in [1.82, 2.24) is 19.4 Å². The second-order valence-corrected chi connectivity index (χ2v) is 11.3. The van der Waals surface area contributed by atoms with Gasteiger partial charge in [-0.25, -0.2) is 15.0 Å². The Kier molecular flexibility index (Phi) is 5.50. The van der Waals surface area contributed by atoms with Crippen LogP contribution in [0.25, 0.3) is 89.4 Å². The van der Waals surface area contributed by atoms with Crippen LogP contribution in [0.4, 0.5) is 0 Å². The fraction of sp³-hybridized carbons (Fsp3) is 0.0250. The predicted octanol–water partition coefficient (Wildman–Crippen LogP) is 10.3. The highest BCUT2D eigenvalue weighted by Crippen LogP contribution is 2.47. The Hall–Kier alpha value is -6.07. The number of rotatable bonds is 5. The first-order valence-corrected chi connectivity index (χ1v) is 15.0. The molecule has 0 aliphatic heterocycles. The second kappa shape index (κ2) is 9.73. The lowest BCUT2D eigenvalue weighted by molar-refractivity contribution is 0.669. The van der Waals surface area contributed by atoms with E-state index in [0.29, 0.717) is 17.5 Å². The summed E-state index contributed by atoms with van der Waals surface area (Å²) in [4.78, 5) is 15.1. The van der Waals surface area contributed by atoms with E-state index in [2.05, 4.69) is 60.4 Å². The van der Waals surface area contributed by atoms with Crippen LogP contribution in [-0.4, -0.2) is 19.4 Å². The minimum Gasteiger partial charge on any atom is -0.456 e. The molecule has 0 N–H and O–H groups in total. The van der Waals surface area contributed by atoms with Gasteiger partial charge in [0.05, 0.1) is 11.0 Å². The topological polar surface area (TPSA) is 56.2 Å². The number of aromatic nitrogens is 4. The maximum absolute atomic E-state index is 6.68. The molecule has 0 aliphatic rings. The molecule has 5 aromatic carbocycles. The van der Waals surface area contributed by atoms with Crippen LogP contribution < -0.4 is 0 Å². The van der Waals surface area contributed by atoms with Crippen molar-refractivity contribution in [2.24, 2.45) is 0 Å². The molecule has 212 valence electrons. The monoisotopic (exact) mass is 578 g/mol. The van der Waals surface area contributed by atoms with E-state index in [-0.39, 0.29) is 0 Å². The molecule has 0 saturated heterocycles. The molecule has 0 saturated carbocycles. The number of aryl methyl sites for hydroxylation is 1. The molecule has 9 aromatic rings. The van der Waals surface area contributed by atoms with Gasteiger partial charge in [-0.3, -0.25) is 0 Å². The summed E-state index contributed by atoms with van der Waals surface area (Å²) in [6, 6.07) is 37.1. The first kappa shape index (κ1) is 25.4. The predicted molar refractivity (Wildman–Crippen MR) is 185 cm³/mol. The van der Waals surface area contributed by atoms with Gasteiger partial charge >= 0.3 is 0 Å². The highest BCUT2D eigenvalue weighted by atomic mass is 16.3. The molecule has 5 nitrogen and oxygen atoms in total. The van der Waals surface area contributed by atoms with Gasteiger partial charge in [0.15, 0.2) is 17.5 Å². The molecule has 0 atom stereocenters. The van der Waals surface area contributed by atoms with Crippen LogP contribution in [0, 0.1) is 6.92 Å². The van der Waals surface area contributed by atoms with E-state index < -0.39 is 0 Å². The van der Waals surface area contributed by atoms with E-state index >= 15 is 0 Å². The number of fused-ring (bicyclic) bond motifs is 7. The third-order valence-corrected chi connectivity index (χ3v) is 8.75. The fourth-order valence-electron chi connectivity index (χ4n) is 6.82. The van der Waals surface area contributed by atoms with Crippen molar-refractivity contribution < 1.29 is 4.42 Å². The Labute approximate surface area is 258 Å². The number of nitrogens with zero attached hydrogens (tertiary/aromatic N) is 4. The van der Waals surface area contributed by atoms with E-state index in [4.69, 9.17) is 19.4 Å². The van der Waals surface area contributed by atoms with E-state index in [0.717, 1.165) is 44.0 Å². The molecule has 0 spiro atoms. The Morgan fingerprint density at radius 3 is 2.02 bits per heavy atom. The Bertz CT molecular complexity index is 2550. The van der Waals surface area contributed by atoms with Gasteiger partial charge in [-0.15, -0.1) is 0 Å². The fourth-order valence-corrected chi connectivity index (χ4v) is 6.82. The van der Waals surface area contributed by atoms with Crippen LogP contribution in [0.2, 0.25) is 0 Å². The summed E-state index contributed by atoms with van der Waals surface area (Å²) in [5, 5.41) is 5.58. The SMILES string of the molecule is C=C/C=C\c1c(C)n2c3ccccc3c3c4c(cc1c32)oc1cccc(-c2nc(-c3ccccc3)nc(-c3ccccc3)n2)c14. The van der Waals surface area contributed by atoms with Crippen molar-refractivity contribution in [3.8, 4) is 34.2 Å². The standard InChI is InChI=1S/C40H26N4O/c1-3-4-18-27-24(2)44-31-21-12-11-19-28(31)35-36-33(23-30(27)37(35)44)45-32-22-13-20-29(34(32)36)40-42-38(25-14-7-5-8-15-25)41-39(43-40)26-16-9-6-10-17-26/h3-23H,1H2,2H3/b18-4-. The summed E-state index contributed by atoms with van der Waals surface area (Å²) >= 11 is 0. The van der Waals surface area contributed by atoms with E-state index in [1.165, 1.54) is 33.1 Å². The van der Waals surface area contributed by atoms with Gasteiger partial charge in [0.25, 0.3) is 0 Å². The first-order valence-electron chi connectivity index (χ1n) is 15.0. The van der Waals surface area contributed by atoms with Crippen molar-refractivity contribution in [3.05, 3.63) is 139 Å². The van der Waals surface area contributed by atoms with Gasteiger partial charge in [0.2, 0.25) is 0 Å². The lowest BCUT2D eigenvalue weighted by Gasteiger charge is -2.09. The molecule has 45 heavy (non-hydrogen) atoms. The third kappa shape index (κ3) is 3.71. The van der Waals surface area contributed by atoms with Crippen LogP contribution >= 0.6 is 0 Å². The molecular weight excluding hydrogens is 552 g/mol. The highest BCUT2D eigenvalue weighted by molar-refractivity contribution is 6.33. The number of para-hydroxylation sites is 1. The summed E-state index contributed by atoms with van der Waals surface area (Å²) in [7, 11) is 0. The summed E-state index contributed by atoms with van der Waals surface area (Å²) in [6.45, 7) is 6.08. The zero-order valence-electron chi connectivity index (χ0n) is 24.5. The quantitative estimate of drug-likeness (QED) is 0.191. The number of benzene rings is 5. The molecule has 5 heteroatoms. The minimum atomic E-state index is 0.607. The Morgan fingerprint density at radius 2 is 1.31 bits per heavy atom. The molecule has 0 amide bonds.